The summed E-state index contributed by atoms with van der Waals surface area (Å²) < 4.78 is 0.876. The van der Waals surface area contributed by atoms with Crippen LogP contribution in [0.3, 0.4) is 0 Å². The Kier molecular flexibility index (Phi) is 3.25. The zero-order chi connectivity index (χ0) is 9.84. The average Bonchev–Trinajstić information content (AvgIpc) is 2.02. The monoisotopic (exact) mass is 243 g/mol. The molecular weight excluding hydrogens is 234 g/mol. The summed E-state index contributed by atoms with van der Waals surface area (Å²) in [4.78, 5) is 14.6. The summed E-state index contributed by atoms with van der Waals surface area (Å²) in [6.45, 7) is 2.29. The molecule has 70 valence electrons. The van der Waals surface area contributed by atoms with E-state index in [1.54, 1.807) is 6.20 Å². The van der Waals surface area contributed by atoms with Crippen LogP contribution in [0.15, 0.2) is 16.7 Å². The molecule has 0 unspecified atom stereocenters. The third kappa shape index (κ3) is 3.02. The maximum absolute atomic E-state index is 10.4. The van der Waals surface area contributed by atoms with Crippen LogP contribution in [-0.2, 0) is 6.54 Å². The predicted octanol–water partition coefficient (Wildman–Crippen LogP) is 1.32. The summed E-state index contributed by atoms with van der Waals surface area (Å²) in [6, 6.07) is 1.39. The molecule has 0 aliphatic rings. The van der Waals surface area contributed by atoms with Crippen LogP contribution in [0.1, 0.15) is 11.3 Å². The highest BCUT2D eigenvalue weighted by Gasteiger charge is 2.01. The fourth-order valence-corrected chi connectivity index (χ4v) is 1.47. The number of nitrogens with two attached hydrogens (primary N) is 1. The fraction of sp³-hybridized carbons (Fsp3) is 0.250. The first-order valence-electron chi connectivity index (χ1n) is 3.74. The van der Waals surface area contributed by atoms with E-state index in [1.165, 1.54) is 0 Å². The van der Waals surface area contributed by atoms with Crippen molar-refractivity contribution in [1.29, 1.82) is 0 Å². The van der Waals surface area contributed by atoms with Crippen molar-refractivity contribution in [2.75, 3.05) is 0 Å². The molecule has 0 saturated heterocycles. The highest BCUT2D eigenvalue weighted by Crippen LogP contribution is 2.15. The van der Waals surface area contributed by atoms with E-state index in [0.717, 1.165) is 15.7 Å². The maximum atomic E-state index is 10.4. The highest BCUT2D eigenvalue weighted by atomic mass is 79.9. The van der Waals surface area contributed by atoms with E-state index in [4.69, 9.17) is 5.73 Å². The van der Waals surface area contributed by atoms with Gasteiger partial charge in [0.1, 0.15) is 0 Å². The van der Waals surface area contributed by atoms with Crippen molar-refractivity contribution in [1.82, 2.24) is 10.3 Å². The van der Waals surface area contributed by atoms with Gasteiger partial charge in [0, 0.05) is 10.7 Å². The van der Waals surface area contributed by atoms with Gasteiger partial charge in [-0.1, -0.05) is 0 Å². The Morgan fingerprint density at radius 2 is 2.46 bits per heavy atom. The van der Waals surface area contributed by atoms with E-state index in [0.29, 0.717) is 6.54 Å². The van der Waals surface area contributed by atoms with E-state index in [-0.39, 0.29) is 0 Å². The number of urea groups is 1. The van der Waals surface area contributed by atoms with Crippen LogP contribution in [0.25, 0.3) is 0 Å². The number of rotatable bonds is 2. The number of aryl methyl sites for hydroxylation is 1. The number of aromatic nitrogens is 1. The third-order valence-electron chi connectivity index (χ3n) is 1.48. The lowest BCUT2D eigenvalue weighted by atomic mass is 10.3. The van der Waals surface area contributed by atoms with Crippen molar-refractivity contribution >= 4 is 22.0 Å². The largest absolute Gasteiger partial charge is 0.352 e. The second-order valence-electron chi connectivity index (χ2n) is 2.66. The summed E-state index contributed by atoms with van der Waals surface area (Å²) in [5, 5.41) is 2.47. The van der Waals surface area contributed by atoms with Crippen molar-refractivity contribution < 1.29 is 4.79 Å². The average molecular weight is 244 g/mol. The molecule has 1 aromatic rings. The van der Waals surface area contributed by atoms with Crippen molar-refractivity contribution in [3.8, 4) is 0 Å². The van der Waals surface area contributed by atoms with Crippen LogP contribution >= 0.6 is 15.9 Å². The van der Waals surface area contributed by atoms with E-state index < -0.39 is 6.03 Å². The number of amides is 2. The second-order valence-corrected chi connectivity index (χ2v) is 3.51. The van der Waals surface area contributed by atoms with Crippen LogP contribution in [0.2, 0.25) is 0 Å². The van der Waals surface area contributed by atoms with Crippen molar-refractivity contribution in [3.63, 3.8) is 0 Å². The molecule has 0 atom stereocenters. The minimum Gasteiger partial charge on any atom is -0.352 e. The molecule has 2 amide bonds. The van der Waals surface area contributed by atoms with E-state index in [1.807, 2.05) is 13.0 Å². The first-order valence-corrected chi connectivity index (χ1v) is 4.53. The summed E-state index contributed by atoms with van der Waals surface area (Å²) >= 11 is 3.34. The molecule has 0 aliphatic heterocycles. The number of carbonyl (C=O) groups excluding carboxylic acids is 1. The number of carbonyl (C=O) groups is 1. The first kappa shape index (κ1) is 9.98. The predicted molar refractivity (Wildman–Crippen MR) is 53.1 cm³/mol. The van der Waals surface area contributed by atoms with E-state index >= 15 is 0 Å². The topological polar surface area (TPSA) is 68.0 Å². The lowest BCUT2D eigenvalue weighted by molar-refractivity contribution is 0.248. The third-order valence-corrected chi connectivity index (χ3v) is 2.17. The second kappa shape index (κ2) is 4.23. The van der Waals surface area contributed by atoms with E-state index in [9.17, 15) is 4.79 Å². The molecule has 0 radical (unpaired) electrons. The van der Waals surface area contributed by atoms with Crippen LogP contribution in [-0.4, -0.2) is 11.0 Å². The lowest BCUT2D eigenvalue weighted by Gasteiger charge is -2.04. The van der Waals surface area contributed by atoms with Gasteiger partial charge in [-0.05, 0) is 34.5 Å². The normalized spacial score (nSPS) is 9.69. The Labute approximate surface area is 84.7 Å². The zero-order valence-electron chi connectivity index (χ0n) is 7.17. The summed E-state index contributed by atoms with van der Waals surface area (Å²) in [7, 11) is 0. The Morgan fingerprint density at radius 1 is 1.77 bits per heavy atom. The minimum absolute atomic E-state index is 0.343. The van der Waals surface area contributed by atoms with Gasteiger partial charge in [0.05, 0.1) is 12.2 Å². The van der Waals surface area contributed by atoms with Crippen LogP contribution in [0, 0.1) is 6.92 Å². The molecule has 0 spiro atoms. The Balaban J connectivity index is 2.72. The van der Waals surface area contributed by atoms with Gasteiger partial charge in [-0.3, -0.25) is 4.98 Å². The Bertz CT molecular complexity index is 327. The molecule has 5 heteroatoms. The molecule has 0 bridgehead atoms. The standard InChI is InChI=1S/C8H10BrN3O/c1-5-2-6(9)7(11-3-5)4-12-8(10)13/h2-3H,4H2,1H3,(H3,10,12,13). The molecule has 0 saturated carbocycles. The fourth-order valence-electron chi connectivity index (χ4n) is 0.863. The lowest BCUT2D eigenvalue weighted by Crippen LogP contribution is -2.29. The van der Waals surface area contributed by atoms with Crippen molar-refractivity contribution in [3.05, 3.63) is 28.0 Å². The summed E-state index contributed by atoms with van der Waals surface area (Å²) in [5.74, 6) is 0. The number of primary amides is 1. The SMILES string of the molecule is Cc1cnc(CNC(N)=O)c(Br)c1. The quantitative estimate of drug-likeness (QED) is 0.823. The van der Waals surface area contributed by atoms with Gasteiger partial charge in [0.2, 0.25) is 0 Å². The molecule has 0 aromatic carbocycles. The molecule has 1 heterocycles. The Morgan fingerprint density at radius 3 is 3.00 bits per heavy atom. The number of pyridine rings is 1. The van der Waals surface area contributed by atoms with Gasteiger partial charge >= 0.3 is 6.03 Å². The van der Waals surface area contributed by atoms with Crippen molar-refractivity contribution in [2.45, 2.75) is 13.5 Å². The summed E-state index contributed by atoms with van der Waals surface area (Å²) in [5.41, 5.74) is 6.76. The van der Waals surface area contributed by atoms with Gasteiger partial charge in [-0.15, -0.1) is 0 Å². The van der Waals surface area contributed by atoms with Crippen LogP contribution in [0.4, 0.5) is 4.79 Å². The number of halogens is 1. The van der Waals surface area contributed by atoms with E-state index in [2.05, 4.69) is 26.2 Å². The maximum Gasteiger partial charge on any atom is 0.312 e. The van der Waals surface area contributed by atoms with Gasteiger partial charge in [0.25, 0.3) is 0 Å². The molecule has 0 aliphatic carbocycles. The smallest absolute Gasteiger partial charge is 0.312 e. The van der Waals surface area contributed by atoms with Crippen LogP contribution < -0.4 is 11.1 Å². The number of nitrogens with one attached hydrogen (secondary N) is 1. The minimum atomic E-state index is -0.547. The zero-order valence-corrected chi connectivity index (χ0v) is 8.76. The van der Waals surface area contributed by atoms with Gasteiger partial charge in [-0.2, -0.15) is 0 Å². The van der Waals surface area contributed by atoms with Gasteiger partial charge in [-0.25, -0.2) is 4.79 Å². The van der Waals surface area contributed by atoms with Gasteiger partial charge < -0.3 is 11.1 Å². The summed E-state index contributed by atoms with van der Waals surface area (Å²) in [6.07, 6.45) is 1.74. The molecule has 4 nitrogen and oxygen atoms in total. The molecule has 0 fully saturated rings. The first-order chi connectivity index (χ1) is 6.09. The molecule has 1 rings (SSSR count). The van der Waals surface area contributed by atoms with Crippen molar-refractivity contribution in [2.24, 2.45) is 5.73 Å². The van der Waals surface area contributed by atoms with Crippen LogP contribution in [0.5, 0.6) is 0 Å². The number of hydrogen-bond donors (Lipinski definition) is 2. The highest BCUT2D eigenvalue weighted by molar-refractivity contribution is 9.10. The van der Waals surface area contributed by atoms with Gasteiger partial charge in [0.15, 0.2) is 0 Å². The number of nitrogens with zero attached hydrogens (tertiary/aromatic N) is 1. The molecule has 1 aromatic heterocycles. The molecule has 3 N–H and O–H groups in total. The molecule has 13 heavy (non-hydrogen) atoms. The molecular formula is C8H10BrN3O. The number of hydrogen-bond acceptors (Lipinski definition) is 2. The Hall–Kier alpha value is -1.10.